The molecule has 0 unspecified atom stereocenters. The highest BCUT2D eigenvalue weighted by Gasteiger charge is 2.31. The molecule has 1 aromatic rings. The summed E-state index contributed by atoms with van der Waals surface area (Å²) in [5.74, 6) is -0.540. The van der Waals surface area contributed by atoms with Gasteiger partial charge in [0.2, 0.25) is 0 Å². The van der Waals surface area contributed by atoms with Crippen molar-refractivity contribution >= 4 is 21.8 Å². The van der Waals surface area contributed by atoms with Gasteiger partial charge in [-0.1, -0.05) is 0 Å². The Bertz CT molecular complexity index is 490. The fourth-order valence-corrected chi connectivity index (χ4v) is 1.96. The molecule has 0 heterocycles. The van der Waals surface area contributed by atoms with Gasteiger partial charge in [-0.2, -0.15) is 0 Å². The van der Waals surface area contributed by atoms with Crippen LogP contribution in [0.15, 0.2) is 22.7 Å². The van der Waals surface area contributed by atoms with E-state index in [0.29, 0.717) is 17.6 Å². The molecule has 1 aromatic carbocycles. The molecule has 1 rings (SSSR count). The van der Waals surface area contributed by atoms with Crippen LogP contribution in [0, 0.1) is 0 Å². The third kappa shape index (κ3) is 5.82. The normalized spacial score (nSPS) is 11.1. The number of hydrogen-bond donors (Lipinski definition) is 0. The number of ether oxygens (including phenoxy) is 2. The maximum absolute atomic E-state index is 12.1. The Balaban J connectivity index is 2.74. The van der Waals surface area contributed by atoms with Crippen LogP contribution >= 0.6 is 15.9 Å². The number of rotatable bonds is 6. The first-order valence-electron chi connectivity index (χ1n) is 6.22. The van der Waals surface area contributed by atoms with Gasteiger partial charge in [-0.3, -0.25) is 4.79 Å². The molecule has 118 valence electrons. The molecule has 0 atom stereocenters. The smallest absolute Gasteiger partial charge is 0.482 e. The Morgan fingerprint density at radius 1 is 1.29 bits per heavy atom. The van der Waals surface area contributed by atoms with E-state index < -0.39 is 12.1 Å². The molecule has 0 aromatic heterocycles. The van der Waals surface area contributed by atoms with Crippen LogP contribution in [0.1, 0.15) is 13.8 Å². The van der Waals surface area contributed by atoms with Gasteiger partial charge in [-0.05, 0) is 41.9 Å². The number of benzene rings is 1. The Morgan fingerprint density at radius 3 is 2.43 bits per heavy atom. The summed E-state index contributed by atoms with van der Waals surface area (Å²) in [6.45, 7) is 4.48. The summed E-state index contributed by atoms with van der Waals surface area (Å²) in [6, 6.07) is 3.59. The summed E-state index contributed by atoms with van der Waals surface area (Å²) in [7, 11) is 0. The van der Waals surface area contributed by atoms with Crippen molar-refractivity contribution in [2.75, 3.05) is 19.7 Å². The Labute approximate surface area is 128 Å². The number of hydrogen-bond acceptors (Lipinski definition) is 3. The van der Waals surface area contributed by atoms with Gasteiger partial charge < -0.3 is 14.4 Å². The van der Waals surface area contributed by atoms with Crippen LogP contribution in [0.2, 0.25) is 0 Å². The van der Waals surface area contributed by atoms with E-state index in [1.54, 1.807) is 4.90 Å². The van der Waals surface area contributed by atoms with Gasteiger partial charge >= 0.3 is 6.36 Å². The second-order valence-corrected chi connectivity index (χ2v) is 4.85. The summed E-state index contributed by atoms with van der Waals surface area (Å²) in [5, 5.41) is 0. The van der Waals surface area contributed by atoms with Crippen molar-refractivity contribution in [1.82, 2.24) is 4.90 Å². The Kier molecular flexibility index (Phi) is 6.32. The van der Waals surface area contributed by atoms with E-state index in [0.717, 1.165) is 12.1 Å². The summed E-state index contributed by atoms with van der Waals surface area (Å²) in [5.41, 5.74) is 0. The van der Waals surface area contributed by atoms with Crippen molar-refractivity contribution in [1.29, 1.82) is 0 Å². The lowest BCUT2D eigenvalue weighted by molar-refractivity contribution is -0.274. The zero-order valence-electron chi connectivity index (χ0n) is 11.5. The van der Waals surface area contributed by atoms with Gasteiger partial charge in [0.25, 0.3) is 5.91 Å². The number of likely N-dealkylation sites (N-methyl/N-ethyl adjacent to an activating group) is 1. The minimum absolute atomic E-state index is 0.109. The Morgan fingerprint density at radius 2 is 1.90 bits per heavy atom. The molecule has 4 nitrogen and oxygen atoms in total. The topological polar surface area (TPSA) is 38.8 Å². The summed E-state index contributed by atoms with van der Waals surface area (Å²) in [6.07, 6.45) is -4.78. The quantitative estimate of drug-likeness (QED) is 0.768. The first-order valence-corrected chi connectivity index (χ1v) is 7.02. The zero-order valence-corrected chi connectivity index (χ0v) is 13.1. The van der Waals surface area contributed by atoms with Crippen molar-refractivity contribution in [2.45, 2.75) is 20.2 Å². The van der Waals surface area contributed by atoms with Gasteiger partial charge in [-0.15, -0.1) is 13.2 Å². The lowest BCUT2D eigenvalue weighted by atomic mass is 10.3. The van der Waals surface area contributed by atoms with Crippen LogP contribution in [-0.4, -0.2) is 36.9 Å². The van der Waals surface area contributed by atoms with Crippen molar-refractivity contribution in [3.8, 4) is 11.5 Å². The van der Waals surface area contributed by atoms with E-state index in [1.807, 2.05) is 13.8 Å². The second-order valence-electron chi connectivity index (χ2n) is 3.99. The molecular formula is C13H15BrF3NO3. The van der Waals surface area contributed by atoms with Crippen molar-refractivity contribution in [2.24, 2.45) is 0 Å². The van der Waals surface area contributed by atoms with E-state index >= 15 is 0 Å². The molecular weight excluding hydrogens is 355 g/mol. The maximum atomic E-state index is 12.1. The first-order chi connectivity index (χ1) is 9.76. The zero-order chi connectivity index (χ0) is 16.0. The fraction of sp³-hybridized carbons (Fsp3) is 0.462. The molecule has 0 bridgehead atoms. The van der Waals surface area contributed by atoms with E-state index in [4.69, 9.17) is 4.74 Å². The molecule has 8 heteroatoms. The minimum atomic E-state index is -4.78. The van der Waals surface area contributed by atoms with Crippen LogP contribution in [0.4, 0.5) is 13.2 Å². The van der Waals surface area contributed by atoms with Crippen LogP contribution in [0.5, 0.6) is 11.5 Å². The molecule has 21 heavy (non-hydrogen) atoms. The third-order valence-electron chi connectivity index (χ3n) is 2.60. The standard InChI is InChI=1S/C13H15BrF3NO3/c1-3-18(4-2)12(19)8-20-11-7-9(5-6-10(11)14)21-13(15,16)17/h5-7H,3-4,8H2,1-2H3. The van der Waals surface area contributed by atoms with Crippen molar-refractivity contribution in [3.63, 3.8) is 0 Å². The average Bonchev–Trinajstić information content (AvgIpc) is 2.39. The van der Waals surface area contributed by atoms with Crippen LogP contribution < -0.4 is 9.47 Å². The number of nitrogens with zero attached hydrogens (tertiary/aromatic N) is 1. The fourth-order valence-electron chi connectivity index (χ4n) is 1.60. The van der Waals surface area contributed by atoms with E-state index in [-0.39, 0.29) is 18.3 Å². The second kappa shape index (κ2) is 7.53. The van der Waals surface area contributed by atoms with E-state index in [2.05, 4.69) is 20.7 Å². The van der Waals surface area contributed by atoms with Crippen LogP contribution in [0.25, 0.3) is 0 Å². The molecule has 0 spiro atoms. The van der Waals surface area contributed by atoms with E-state index in [9.17, 15) is 18.0 Å². The largest absolute Gasteiger partial charge is 0.573 e. The van der Waals surface area contributed by atoms with E-state index in [1.165, 1.54) is 6.07 Å². The lowest BCUT2D eigenvalue weighted by Gasteiger charge is -2.19. The first kappa shape index (κ1) is 17.6. The van der Waals surface area contributed by atoms with Gasteiger partial charge in [0.1, 0.15) is 11.5 Å². The van der Waals surface area contributed by atoms with Gasteiger partial charge in [0, 0.05) is 19.2 Å². The molecule has 0 fully saturated rings. The SMILES string of the molecule is CCN(CC)C(=O)COc1cc(OC(F)(F)F)ccc1Br. The molecule has 0 aliphatic carbocycles. The summed E-state index contributed by atoms with van der Waals surface area (Å²) < 4.78 is 45.9. The minimum Gasteiger partial charge on any atom is -0.482 e. The average molecular weight is 370 g/mol. The Hall–Kier alpha value is -1.44. The monoisotopic (exact) mass is 369 g/mol. The van der Waals surface area contributed by atoms with Gasteiger partial charge in [0.05, 0.1) is 4.47 Å². The maximum Gasteiger partial charge on any atom is 0.573 e. The summed E-state index contributed by atoms with van der Waals surface area (Å²) in [4.78, 5) is 13.3. The van der Waals surface area contributed by atoms with Crippen molar-refractivity contribution < 1.29 is 27.4 Å². The molecule has 0 aliphatic rings. The lowest BCUT2D eigenvalue weighted by Crippen LogP contribution is -2.34. The predicted molar refractivity (Wildman–Crippen MR) is 74.2 cm³/mol. The number of halogens is 4. The number of alkyl halides is 3. The summed E-state index contributed by atoms with van der Waals surface area (Å²) >= 11 is 3.14. The highest BCUT2D eigenvalue weighted by atomic mass is 79.9. The molecule has 1 amide bonds. The highest BCUT2D eigenvalue weighted by Crippen LogP contribution is 2.32. The van der Waals surface area contributed by atoms with Crippen LogP contribution in [-0.2, 0) is 4.79 Å². The molecule has 0 radical (unpaired) electrons. The number of carbonyl (C=O) groups excluding carboxylic acids is 1. The molecule has 0 N–H and O–H groups in total. The van der Waals surface area contributed by atoms with Gasteiger partial charge in [0.15, 0.2) is 6.61 Å². The third-order valence-corrected chi connectivity index (χ3v) is 3.26. The number of carbonyl (C=O) groups is 1. The predicted octanol–water partition coefficient (Wildman–Crippen LogP) is 3.59. The van der Waals surface area contributed by atoms with Gasteiger partial charge in [-0.25, -0.2) is 0 Å². The molecule has 0 saturated heterocycles. The van der Waals surface area contributed by atoms with Crippen LogP contribution in [0.3, 0.4) is 0 Å². The van der Waals surface area contributed by atoms with Crippen molar-refractivity contribution in [3.05, 3.63) is 22.7 Å². The number of amides is 1. The highest BCUT2D eigenvalue weighted by molar-refractivity contribution is 9.10. The molecule has 0 saturated carbocycles. The molecule has 0 aliphatic heterocycles.